The van der Waals surface area contributed by atoms with Crippen LogP contribution in [0.3, 0.4) is 0 Å². The molecule has 0 aliphatic rings. The van der Waals surface area contributed by atoms with Gasteiger partial charge in [0.1, 0.15) is 5.75 Å². The Balaban J connectivity index is 1.89. The van der Waals surface area contributed by atoms with Crippen LogP contribution in [0.1, 0.15) is 36.1 Å². The molecule has 106 valence electrons. The summed E-state index contributed by atoms with van der Waals surface area (Å²) < 4.78 is 5.44. The van der Waals surface area contributed by atoms with E-state index in [0.29, 0.717) is 6.61 Å². The number of benzene rings is 2. The Morgan fingerprint density at radius 3 is 2.25 bits per heavy atom. The van der Waals surface area contributed by atoms with Crippen molar-refractivity contribution in [3.05, 3.63) is 65.2 Å². The lowest BCUT2D eigenvalue weighted by molar-refractivity contribution is 0.340. The highest BCUT2D eigenvalue weighted by Crippen LogP contribution is 2.19. The van der Waals surface area contributed by atoms with Crippen molar-refractivity contribution >= 4 is 0 Å². The second kappa shape index (κ2) is 7.11. The average Bonchev–Trinajstić information content (AvgIpc) is 2.47. The van der Waals surface area contributed by atoms with Gasteiger partial charge in [0.05, 0.1) is 6.61 Å². The maximum Gasteiger partial charge on any atom is 0.119 e. The lowest BCUT2D eigenvalue weighted by Crippen LogP contribution is -2.11. The van der Waals surface area contributed by atoms with E-state index in [-0.39, 0.29) is 6.04 Å². The smallest absolute Gasteiger partial charge is 0.119 e. The highest BCUT2D eigenvalue weighted by Gasteiger charge is 2.06. The largest absolute Gasteiger partial charge is 0.494 e. The monoisotopic (exact) mass is 269 g/mol. The van der Waals surface area contributed by atoms with E-state index >= 15 is 0 Å². The van der Waals surface area contributed by atoms with Crippen LogP contribution >= 0.6 is 0 Å². The van der Waals surface area contributed by atoms with E-state index in [1.54, 1.807) is 0 Å². The maximum absolute atomic E-state index is 6.25. The normalized spacial score (nSPS) is 12.2. The molecular weight excluding hydrogens is 246 g/mol. The molecule has 0 fully saturated rings. The Hall–Kier alpha value is -1.80. The molecule has 1 unspecified atom stereocenters. The standard InChI is InChI=1S/C18H23NO/c1-3-20-17-11-6-15(7-12-17)8-13-18(19)16-9-4-14(2)5-10-16/h4-7,9-12,18H,3,8,13,19H2,1-2H3. The minimum atomic E-state index is 0.0992. The molecule has 0 saturated heterocycles. The van der Waals surface area contributed by atoms with Gasteiger partial charge in [-0.1, -0.05) is 42.0 Å². The summed E-state index contributed by atoms with van der Waals surface area (Å²) in [5.74, 6) is 0.930. The highest BCUT2D eigenvalue weighted by atomic mass is 16.5. The fourth-order valence-electron chi connectivity index (χ4n) is 2.22. The van der Waals surface area contributed by atoms with Crippen molar-refractivity contribution in [2.24, 2.45) is 5.73 Å². The summed E-state index contributed by atoms with van der Waals surface area (Å²) >= 11 is 0. The maximum atomic E-state index is 6.25. The number of rotatable bonds is 6. The molecule has 0 amide bonds. The van der Waals surface area contributed by atoms with Crippen LogP contribution in [0.4, 0.5) is 0 Å². The van der Waals surface area contributed by atoms with Crippen LogP contribution in [0.25, 0.3) is 0 Å². The number of hydrogen-bond donors (Lipinski definition) is 1. The first-order valence-corrected chi connectivity index (χ1v) is 7.23. The summed E-state index contributed by atoms with van der Waals surface area (Å²) in [6.45, 7) is 4.79. The number of ether oxygens (including phenoxy) is 1. The molecule has 2 heteroatoms. The molecule has 20 heavy (non-hydrogen) atoms. The van der Waals surface area contributed by atoms with E-state index in [4.69, 9.17) is 10.5 Å². The molecule has 0 bridgehead atoms. The number of aryl methyl sites for hydroxylation is 2. The lowest BCUT2D eigenvalue weighted by atomic mass is 9.99. The van der Waals surface area contributed by atoms with Crippen molar-refractivity contribution < 1.29 is 4.74 Å². The molecule has 0 heterocycles. The molecule has 2 N–H and O–H groups in total. The molecular formula is C18H23NO. The van der Waals surface area contributed by atoms with Crippen LogP contribution in [-0.4, -0.2) is 6.61 Å². The van der Waals surface area contributed by atoms with Gasteiger partial charge in [-0.3, -0.25) is 0 Å². The SMILES string of the molecule is CCOc1ccc(CCC(N)c2ccc(C)cc2)cc1. The van der Waals surface area contributed by atoms with E-state index < -0.39 is 0 Å². The number of hydrogen-bond acceptors (Lipinski definition) is 2. The zero-order valence-corrected chi connectivity index (χ0v) is 12.3. The van der Waals surface area contributed by atoms with Gasteiger partial charge in [0.25, 0.3) is 0 Å². The Labute approximate surface area is 121 Å². The molecule has 0 radical (unpaired) electrons. The van der Waals surface area contributed by atoms with Crippen LogP contribution in [-0.2, 0) is 6.42 Å². The Morgan fingerprint density at radius 2 is 1.65 bits per heavy atom. The molecule has 2 nitrogen and oxygen atoms in total. The van der Waals surface area contributed by atoms with Gasteiger partial charge in [-0.2, -0.15) is 0 Å². The second-order valence-electron chi connectivity index (χ2n) is 5.13. The molecule has 0 aliphatic heterocycles. The van der Waals surface area contributed by atoms with Gasteiger partial charge in [0.2, 0.25) is 0 Å². The van der Waals surface area contributed by atoms with Crippen LogP contribution in [0.5, 0.6) is 5.75 Å². The fourth-order valence-corrected chi connectivity index (χ4v) is 2.22. The van der Waals surface area contributed by atoms with Crippen molar-refractivity contribution in [1.82, 2.24) is 0 Å². The quantitative estimate of drug-likeness (QED) is 0.859. The summed E-state index contributed by atoms with van der Waals surface area (Å²) in [5.41, 5.74) is 10.0. The van der Waals surface area contributed by atoms with Crippen LogP contribution in [0.2, 0.25) is 0 Å². The van der Waals surface area contributed by atoms with Gasteiger partial charge in [-0.05, 0) is 49.9 Å². The van der Waals surface area contributed by atoms with Gasteiger partial charge >= 0.3 is 0 Å². The predicted molar refractivity (Wildman–Crippen MR) is 84.0 cm³/mol. The van der Waals surface area contributed by atoms with Gasteiger partial charge in [0, 0.05) is 6.04 Å². The fraction of sp³-hybridized carbons (Fsp3) is 0.333. The zero-order chi connectivity index (χ0) is 14.4. The van der Waals surface area contributed by atoms with Crippen LogP contribution in [0.15, 0.2) is 48.5 Å². The summed E-state index contributed by atoms with van der Waals surface area (Å²) in [6.07, 6.45) is 1.94. The minimum Gasteiger partial charge on any atom is -0.494 e. The van der Waals surface area contributed by atoms with Gasteiger partial charge in [0.15, 0.2) is 0 Å². The lowest BCUT2D eigenvalue weighted by Gasteiger charge is -2.12. The topological polar surface area (TPSA) is 35.2 Å². The molecule has 0 spiro atoms. The third-order valence-electron chi connectivity index (χ3n) is 3.48. The summed E-state index contributed by atoms with van der Waals surface area (Å²) in [4.78, 5) is 0. The van der Waals surface area contributed by atoms with E-state index in [9.17, 15) is 0 Å². The molecule has 0 aliphatic carbocycles. The van der Waals surface area contributed by atoms with Crippen molar-refractivity contribution in [2.45, 2.75) is 32.7 Å². The molecule has 2 rings (SSSR count). The Kier molecular flexibility index (Phi) is 5.19. The van der Waals surface area contributed by atoms with Gasteiger partial charge in [-0.25, -0.2) is 0 Å². The summed E-state index contributed by atoms with van der Waals surface area (Å²) in [5, 5.41) is 0. The zero-order valence-electron chi connectivity index (χ0n) is 12.3. The average molecular weight is 269 g/mol. The minimum absolute atomic E-state index is 0.0992. The van der Waals surface area contributed by atoms with E-state index in [1.807, 2.05) is 19.1 Å². The first kappa shape index (κ1) is 14.6. The Morgan fingerprint density at radius 1 is 1.00 bits per heavy atom. The molecule has 1 atom stereocenters. The second-order valence-corrected chi connectivity index (χ2v) is 5.13. The van der Waals surface area contributed by atoms with Gasteiger partial charge < -0.3 is 10.5 Å². The van der Waals surface area contributed by atoms with E-state index in [2.05, 4.69) is 43.3 Å². The van der Waals surface area contributed by atoms with Crippen molar-refractivity contribution in [1.29, 1.82) is 0 Å². The van der Waals surface area contributed by atoms with Crippen molar-refractivity contribution in [2.75, 3.05) is 6.61 Å². The van der Waals surface area contributed by atoms with Crippen LogP contribution in [0, 0.1) is 6.92 Å². The first-order chi connectivity index (χ1) is 9.69. The highest BCUT2D eigenvalue weighted by molar-refractivity contribution is 5.28. The van der Waals surface area contributed by atoms with Gasteiger partial charge in [-0.15, -0.1) is 0 Å². The summed E-state index contributed by atoms with van der Waals surface area (Å²) in [6, 6.07) is 16.9. The third kappa shape index (κ3) is 4.10. The predicted octanol–water partition coefficient (Wildman–Crippen LogP) is 4.03. The third-order valence-corrected chi connectivity index (χ3v) is 3.48. The van der Waals surface area contributed by atoms with Crippen molar-refractivity contribution in [3.8, 4) is 5.75 Å². The Bertz CT molecular complexity index is 516. The molecule has 2 aromatic rings. The van der Waals surface area contributed by atoms with Crippen LogP contribution < -0.4 is 10.5 Å². The molecule has 0 aromatic heterocycles. The van der Waals surface area contributed by atoms with E-state index in [1.165, 1.54) is 16.7 Å². The summed E-state index contributed by atoms with van der Waals surface area (Å²) in [7, 11) is 0. The molecule has 0 saturated carbocycles. The molecule has 2 aromatic carbocycles. The number of nitrogens with two attached hydrogens (primary N) is 1. The van der Waals surface area contributed by atoms with Crippen molar-refractivity contribution in [3.63, 3.8) is 0 Å². The first-order valence-electron chi connectivity index (χ1n) is 7.23. The van der Waals surface area contributed by atoms with E-state index in [0.717, 1.165) is 18.6 Å².